The molecule has 31 heavy (non-hydrogen) atoms. The van der Waals surface area contributed by atoms with Crippen LogP contribution in [0.15, 0.2) is 55.1 Å². The van der Waals surface area contributed by atoms with Crippen LogP contribution in [0.5, 0.6) is 0 Å². The van der Waals surface area contributed by atoms with Crippen LogP contribution in [0.4, 0.5) is 0 Å². The van der Waals surface area contributed by atoms with Crippen molar-refractivity contribution < 1.29 is 9.47 Å². The Hall–Kier alpha value is -1.90. The van der Waals surface area contributed by atoms with Crippen molar-refractivity contribution in [2.24, 2.45) is 5.92 Å². The predicted molar refractivity (Wildman–Crippen MR) is 131 cm³/mol. The zero-order valence-corrected chi connectivity index (χ0v) is 19.8. The number of unbranched alkanes of at least 4 members (excludes halogenated alkanes) is 5. The maximum atomic E-state index is 6.54. The van der Waals surface area contributed by atoms with Crippen LogP contribution in [0, 0.1) is 5.92 Å². The van der Waals surface area contributed by atoms with E-state index < -0.39 is 5.79 Å². The molecule has 2 nitrogen and oxygen atoms in total. The van der Waals surface area contributed by atoms with Crippen molar-refractivity contribution in [3.63, 3.8) is 0 Å². The summed E-state index contributed by atoms with van der Waals surface area (Å²) in [5.41, 5.74) is 6.57. The third-order valence-corrected chi connectivity index (χ3v) is 6.59. The van der Waals surface area contributed by atoms with E-state index >= 15 is 0 Å². The fourth-order valence-corrected chi connectivity index (χ4v) is 5.13. The van der Waals surface area contributed by atoms with Crippen LogP contribution in [0.2, 0.25) is 0 Å². The molecule has 0 saturated heterocycles. The van der Waals surface area contributed by atoms with Gasteiger partial charge in [-0.2, -0.15) is 0 Å². The van der Waals surface area contributed by atoms with Crippen molar-refractivity contribution in [2.75, 3.05) is 13.2 Å². The van der Waals surface area contributed by atoms with Gasteiger partial charge >= 0.3 is 0 Å². The molecule has 2 aromatic carbocycles. The summed E-state index contributed by atoms with van der Waals surface area (Å²) in [5.74, 6) is -0.656. The molecule has 0 spiro atoms. The molecule has 3 rings (SSSR count). The molecule has 1 unspecified atom stereocenters. The van der Waals surface area contributed by atoms with Crippen molar-refractivity contribution >= 4 is 0 Å². The Labute approximate surface area is 189 Å². The monoisotopic (exact) mass is 420 g/mol. The number of benzene rings is 2. The molecular formula is C29H40O2. The first-order valence-corrected chi connectivity index (χ1v) is 12.3. The van der Waals surface area contributed by atoms with Gasteiger partial charge in [-0.1, -0.05) is 94.0 Å². The normalized spacial score (nSPS) is 13.6. The molecule has 0 saturated carbocycles. The maximum absolute atomic E-state index is 6.54. The van der Waals surface area contributed by atoms with Crippen LogP contribution in [-0.2, 0) is 21.7 Å². The first-order valence-electron chi connectivity index (χ1n) is 12.3. The molecule has 1 aliphatic carbocycles. The van der Waals surface area contributed by atoms with Gasteiger partial charge < -0.3 is 9.47 Å². The van der Waals surface area contributed by atoms with Crippen molar-refractivity contribution in [2.45, 2.75) is 77.9 Å². The average molecular weight is 421 g/mol. The zero-order chi connectivity index (χ0) is 22.1. The minimum Gasteiger partial charge on any atom is -0.346 e. The van der Waals surface area contributed by atoms with E-state index in [0.717, 1.165) is 12.8 Å². The Bertz CT molecular complexity index is 832. The fourth-order valence-electron chi connectivity index (χ4n) is 5.13. The first kappa shape index (κ1) is 23.8. The van der Waals surface area contributed by atoms with E-state index in [2.05, 4.69) is 75.9 Å². The van der Waals surface area contributed by atoms with Gasteiger partial charge in [0.25, 0.3) is 0 Å². The van der Waals surface area contributed by atoms with Gasteiger partial charge in [0.15, 0.2) is 0 Å². The lowest BCUT2D eigenvalue weighted by atomic mass is 9.83. The molecular weight excluding hydrogens is 380 g/mol. The highest BCUT2D eigenvalue weighted by molar-refractivity contribution is 5.78. The van der Waals surface area contributed by atoms with E-state index in [1.807, 2.05) is 0 Å². The average Bonchev–Trinajstić information content (AvgIpc) is 3.17. The van der Waals surface area contributed by atoms with Crippen LogP contribution in [0.3, 0.4) is 0 Å². The number of ether oxygens (including phenoxy) is 2. The Balaban J connectivity index is 1.93. The summed E-state index contributed by atoms with van der Waals surface area (Å²) in [4.78, 5) is 0. The predicted octanol–water partition coefficient (Wildman–Crippen LogP) is 8.04. The minimum absolute atomic E-state index is 0.119. The molecule has 0 bridgehead atoms. The number of rotatable bonds is 14. The summed E-state index contributed by atoms with van der Waals surface area (Å²) in [5, 5.41) is 0. The number of fused-ring (bicyclic) bond motifs is 3. The molecule has 2 heteroatoms. The Morgan fingerprint density at radius 1 is 0.871 bits per heavy atom. The van der Waals surface area contributed by atoms with Crippen LogP contribution in [0.1, 0.15) is 82.4 Å². The smallest absolute Gasteiger partial charge is 0.201 e. The summed E-state index contributed by atoms with van der Waals surface area (Å²) >= 11 is 0. The lowest BCUT2D eigenvalue weighted by Crippen LogP contribution is -2.41. The molecule has 0 aromatic heterocycles. The highest BCUT2D eigenvalue weighted by Crippen LogP contribution is 2.46. The van der Waals surface area contributed by atoms with Gasteiger partial charge in [0.1, 0.15) is 0 Å². The van der Waals surface area contributed by atoms with Crippen LogP contribution in [-0.4, -0.2) is 13.2 Å². The van der Waals surface area contributed by atoms with Gasteiger partial charge in [0.2, 0.25) is 5.79 Å². The van der Waals surface area contributed by atoms with E-state index in [1.165, 1.54) is 66.3 Å². The highest BCUT2D eigenvalue weighted by Gasteiger charge is 2.43. The lowest BCUT2D eigenvalue weighted by molar-refractivity contribution is -0.266. The summed E-state index contributed by atoms with van der Waals surface area (Å²) in [6.45, 7) is 11.8. The largest absolute Gasteiger partial charge is 0.346 e. The molecule has 0 aliphatic heterocycles. The van der Waals surface area contributed by atoms with E-state index in [0.29, 0.717) is 13.2 Å². The van der Waals surface area contributed by atoms with Crippen LogP contribution < -0.4 is 0 Å². The van der Waals surface area contributed by atoms with E-state index in [1.54, 1.807) is 0 Å². The van der Waals surface area contributed by atoms with Gasteiger partial charge in [-0.25, -0.2) is 0 Å². The van der Waals surface area contributed by atoms with Gasteiger partial charge in [0.05, 0.1) is 0 Å². The molecule has 1 atom stereocenters. The molecule has 0 N–H and O–H groups in total. The molecule has 0 amide bonds. The molecule has 168 valence electrons. The van der Waals surface area contributed by atoms with Crippen molar-refractivity contribution in [1.29, 1.82) is 0 Å². The molecule has 0 fully saturated rings. The topological polar surface area (TPSA) is 18.5 Å². The Morgan fingerprint density at radius 3 is 2.26 bits per heavy atom. The van der Waals surface area contributed by atoms with Crippen molar-refractivity contribution in [3.05, 3.63) is 71.8 Å². The lowest BCUT2D eigenvalue weighted by Gasteiger charge is -2.40. The van der Waals surface area contributed by atoms with E-state index in [9.17, 15) is 0 Å². The van der Waals surface area contributed by atoms with E-state index in [4.69, 9.17) is 9.47 Å². The Kier molecular flexibility index (Phi) is 8.92. The third-order valence-electron chi connectivity index (χ3n) is 6.59. The zero-order valence-electron chi connectivity index (χ0n) is 19.8. The SMILES string of the molecule is C=CC(CCCCCCCC)C(OCC)(OCC)c1cccc2c1Cc1ccccc1-2. The number of hydrogen-bond donors (Lipinski definition) is 0. The Morgan fingerprint density at radius 2 is 1.55 bits per heavy atom. The summed E-state index contributed by atoms with van der Waals surface area (Å²) in [6.07, 6.45) is 11.7. The van der Waals surface area contributed by atoms with E-state index in [-0.39, 0.29) is 5.92 Å². The third kappa shape index (κ3) is 5.13. The second kappa shape index (κ2) is 11.6. The molecule has 0 heterocycles. The molecule has 2 aromatic rings. The van der Waals surface area contributed by atoms with Crippen molar-refractivity contribution in [1.82, 2.24) is 0 Å². The first-order chi connectivity index (χ1) is 15.2. The summed E-state index contributed by atoms with van der Waals surface area (Å²) < 4.78 is 13.1. The van der Waals surface area contributed by atoms with Gasteiger partial charge in [0, 0.05) is 24.7 Å². The van der Waals surface area contributed by atoms with Gasteiger partial charge in [-0.05, 0) is 48.9 Å². The molecule has 1 aliphatic rings. The maximum Gasteiger partial charge on any atom is 0.201 e. The number of hydrogen-bond acceptors (Lipinski definition) is 2. The quantitative estimate of drug-likeness (QED) is 0.149. The molecule has 0 radical (unpaired) electrons. The highest BCUT2D eigenvalue weighted by atomic mass is 16.7. The summed E-state index contributed by atoms with van der Waals surface area (Å²) in [7, 11) is 0. The second-order valence-electron chi connectivity index (χ2n) is 8.60. The van der Waals surface area contributed by atoms with Crippen molar-refractivity contribution in [3.8, 4) is 11.1 Å². The van der Waals surface area contributed by atoms with Crippen LogP contribution >= 0.6 is 0 Å². The minimum atomic E-state index is -0.776. The van der Waals surface area contributed by atoms with Crippen LogP contribution in [0.25, 0.3) is 11.1 Å². The van der Waals surface area contributed by atoms with Gasteiger partial charge in [-0.3, -0.25) is 0 Å². The van der Waals surface area contributed by atoms with Gasteiger partial charge in [-0.15, -0.1) is 6.58 Å². The standard InChI is InChI=1S/C29H40O2/c1-5-9-10-11-12-13-18-24(6-2)29(30-7-3,31-8-4)28-21-16-20-26-25-19-15-14-17-23(25)22-27(26)28/h6,14-17,19-21,24H,2,5,7-13,18,22H2,1,3-4H3. The second-order valence-corrected chi connectivity index (χ2v) is 8.60. The fraction of sp³-hybridized carbons (Fsp3) is 0.517. The summed E-state index contributed by atoms with van der Waals surface area (Å²) in [6, 6.07) is 15.3.